The van der Waals surface area contributed by atoms with Gasteiger partial charge in [0, 0.05) is 25.4 Å². The molecular weight excluding hydrogens is 299 g/mol. The molecule has 22 heavy (non-hydrogen) atoms. The van der Waals surface area contributed by atoms with Crippen LogP contribution in [-0.4, -0.2) is 36.5 Å². The Labute approximate surface area is 125 Å². The number of ether oxygens (including phenoxy) is 1. The van der Waals surface area contributed by atoms with Crippen LogP contribution >= 0.6 is 0 Å². The van der Waals surface area contributed by atoms with Crippen molar-refractivity contribution in [3.63, 3.8) is 0 Å². The minimum Gasteiger partial charge on any atom is -0.462 e. The lowest BCUT2D eigenvalue weighted by Crippen LogP contribution is -2.25. The van der Waals surface area contributed by atoms with Gasteiger partial charge in [0.2, 0.25) is 5.91 Å². The van der Waals surface area contributed by atoms with E-state index in [1.807, 2.05) is 6.92 Å². The summed E-state index contributed by atoms with van der Waals surface area (Å²) in [7, 11) is 0. The van der Waals surface area contributed by atoms with E-state index < -0.39 is 17.7 Å². The van der Waals surface area contributed by atoms with Crippen molar-refractivity contribution >= 4 is 11.9 Å². The minimum atomic E-state index is -4.50. The van der Waals surface area contributed by atoms with Crippen molar-refractivity contribution in [1.82, 2.24) is 4.90 Å². The number of carbonyl (C=O) groups excluding carboxylic acids is 2. The molecule has 120 valence electrons. The summed E-state index contributed by atoms with van der Waals surface area (Å²) >= 11 is 0. The summed E-state index contributed by atoms with van der Waals surface area (Å²) in [5.74, 6) is -0.918. The summed E-state index contributed by atoms with van der Waals surface area (Å²) in [4.78, 5) is 25.0. The molecule has 0 unspecified atom stereocenters. The smallest absolute Gasteiger partial charge is 0.416 e. The number of alkyl halides is 3. The number of nitrogens with zero attached hydrogens (tertiary/aromatic N) is 1. The fourth-order valence-electron chi connectivity index (χ4n) is 2.37. The number of benzene rings is 1. The lowest BCUT2D eigenvalue weighted by molar-refractivity contribution is -0.137. The Balaban J connectivity index is 1.95. The Morgan fingerprint density at radius 3 is 2.73 bits per heavy atom. The number of hydrogen-bond acceptors (Lipinski definition) is 3. The predicted octanol–water partition coefficient (Wildman–Crippen LogP) is 2.73. The Bertz CT molecular complexity index is 571. The fraction of sp³-hybridized carbons (Fsp3) is 0.467. The number of rotatable bonds is 4. The van der Waals surface area contributed by atoms with E-state index in [1.54, 1.807) is 4.90 Å². The molecule has 2 rings (SSSR count). The van der Waals surface area contributed by atoms with Crippen molar-refractivity contribution < 1.29 is 27.5 Å². The van der Waals surface area contributed by atoms with Gasteiger partial charge >= 0.3 is 12.1 Å². The van der Waals surface area contributed by atoms with Crippen LogP contribution < -0.4 is 0 Å². The summed E-state index contributed by atoms with van der Waals surface area (Å²) < 4.78 is 42.8. The van der Waals surface area contributed by atoms with Crippen molar-refractivity contribution in [2.45, 2.75) is 19.5 Å². The molecule has 0 aromatic heterocycles. The van der Waals surface area contributed by atoms with Gasteiger partial charge in [-0.2, -0.15) is 13.2 Å². The topological polar surface area (TPSA) is 46.6 Å². The molecule has 1 aliphatic rings. The summed E-state index contributed by atoms with van der Waals surface area (Å²) in [5.41, 5.74) is -1.04. The number of amides is 1. The molecule has 1 aromatic rings. The van der Waals surface area contributed by atoms with E-state index in [-0.39, 0.29) is 24.0 Å². The average Bonchev–Trinajstić information content (AvgIpc) is 2.84. The number of hydrogen-bond donors (Lipinski definition) is 0. The van der Waals surface area contributed by atoms with Crippen molar-refractivity contribution in [1.29, 1.82) is 0 Å². The monoisotopic (exact) mass is 315 g/mol. The predicted molar refractivity (Wildman–Crippen MR) is 72.1 cm³/mol. The quantitative estimate of drug-likeness (QED) is 0.803. The molecule has 0 saturated carbocycles. The van der Waals surface area contributed by atoms with E-state index in [9.17, 15) is 22.8 Å². The maximum absolute atomic E-state index is 12.6. The van der Waals surface area contributed by atoms with Gasteiger partial charge in [0.15, 0.2) is 0 Å². The normalized spacial score (nSPS) is 18.6. The molecule has 4 nitrogen and oxygen atoms in total. The zero-order valence-electron chi connectivity index (χ0n) is 12.0. The molecule has 1 aliphatic heterocycles. The average molecular weight is 315 g/mol. The summed E-state index contributed by atoms with van der Waals surface area (Å²) in [6, 6.07) is 4.10. The molecule has 0 bridgehead atoms. The van der Waals surface area contributed by atoms with Crippen LogP contribution in [-0.2, 0) is 15.7 Å². The Hall–Kier alpha value is -2.05. The van der Waals surface area contributed by atoms with Crippen molar-refractivity contribution in [2.75, 3.05) is 19.7 Å². The van der Waals surface area contributed by atoms with Crippen LogP contribution in [0.25, 0.3) is 0 Å². The molecule has 0 aliphatic carbocycles. The van der Waals surface area contributed by atoms with Crippen LogP contribution in [0.2, 0.25) is 0 Å². The SMILES string of the molecule is CCN1C[C@H](COC(=O)c2cccc(C(F)(F)F)c2)CC1=O. The Morgan fingerprint density at radius 1 is 1.41 bits per heavy atom. The molecule has 1 aromatic carbocycles. The zero-order chi connectivity index (χ0) is 16.3. The molecule has 1 heterocycles. The Morgan fingerprint density at radius 2 is 2.14 bits per heavy atom. The van der Waals surface area contributed by atoms with E-state index in [4.69, 9.17) is 4.74 Å². The van der Waals surface area contributed by atoms with Crippen LogP contribution in [0.1, 0.15) is 29.3 Å². The molecule has 1 amide bonds. The van der Waals surface area contributed by atoms with Gasteiger partial charge in [-0.15, -0.1) is 0 Å². The number of esters is 1. The molecular formula is C15H16F3NO3. The summed E-state index contributed by atoms with van der Waals surface area (Å²) in [5, 5.41) is 0. The zero-order valence-corrected chi connectivity index (χ0v) is 12.0. The maximum Gasteiger partial charge on any atom is 0.416 e. The molecule has 0 radical (unpaired) electrons. The second-order valence-corrected chi connectivity index (χ2v) is 5.18. The van der Waals surface area contributed by atoms with Gasteiger partial charge in [0.1, 0.15) is 0 Å². The first-order chi connectivity index (χ1) is 10.3. The van der Waals surface area contributed by atoms with Gasteiger partial charge in [-0.3, -0.25) is 4.79 Å². The van der Waals surface area contributed by atoms with Gasteiger partial charge in [0.25, 0.3) is 0 Å². The second-order valence-electron chi connectivity index (χ2n) is 5.18. The third-order valence-electron chi connectivity index (χ3n) is 3.55. The highest BCUT2D eigenvalue weighted by Gasteiger charge is 2.32. The number of carbonyl (C=O) groups is 2. The lowest BCUT2D eigenvalue weighted by Gasteiger charge is -2.14. The van der Waals surface area contributed by atoms with Gasteiger partial charge in [-0.25, -0.2) is 4.79 Å². The highest BCUT2D eigenvalue weighted by Crippen LogP contribution is 2.29. The van der Waals surface area contributed by atoms with Gasteiger partial charge < -0.3 is 9.64 Å². The molecule has 7 heteroatoms. The Kier molecular flexibility index (Phi) is 4.73. The van der Waals surface area contributed by atoms with Crippen molar-refractivity contribution in [2.24, 2.45) is 5.92 Å². The largest absolute Gasteiger partial charge is 0.462 e. The van der Waals surface area contributed by atoms with Crippen molar-refractivity contribution in [3.05, 3.63) is 35.4 Å². The second kappa shape index (κ2) is 6.37. The van der Waals surface area contributed by atoms with Gasteiger partial charge in [-0.05, 0) is 25.1 Å². The third-order valence-corrected chi connectivity index (χ3v) is 3.55. The van der Waals surface area contributed by atoms with Crippen molar-refractivity contribution in [3.8, 4) is 0 Å². The summed E-state index contributed by atoms with van der Waals surface area (Å²) in [6.45, 7) is 2.98. The number of halogens is 3. The molecule has 0 N–H and O–H groups in total. The molecule has 1 atom stereocenters. The standard InChI is InChI=1S/C15H16F3NO3/c1-2-19-8-10(6-13(19)20)9-22-14(21)11-4-3-5-12(7-11)15(16,17)18/h3-5,7,10H,2,6,8-9H2,1H3/t10-/m1/s1. The number of likely N-dealkylation sites (tertiary alicyclic amines) is 1. The molecule has 1 fully saturated rings. The first-order valence-corrected chi connectivity index (χ1v) is 6.93. The van der Waals surface area contributed by atoms with Gasteiger partial charge in [0.05, 0.1) is 17.7 Å². The maximum atomic E-state index is 12.6. The van der Waals surface area contributed by atoms with Crippen LogP contribution in [0.5, 0.6) is 0 Å². The molecule has 1 saturated heterocycles. The highest BCUT2D eigenvalue weighted by molar-refractivity contribution is 5.89. The lowest BCUT2D eigenvalue weighted by atomic mass is 10.1. The van der Waals surface area contributed by atoms with Crippen LogP contribution in [0, 0.1) is 5.92 Å². The summed E-state index contributed by atoms with van der Waals surface area (Å²) in [6.07, 6.45) is -4.21. The minimum absolute atomic E-state index is 0.00242. The first kappa shape index (κ1) is 16.3. The van der Waals surface area contributed by atoms with E-state index in [2.05, 4.69) is 0 Å². The van der Waals surface area contributed by atoms with Crippen LogP contribution in [0.3, 0.4) is 0 Å². The van der Waals surface area contributed by atoms with E-state index in [0.29, 0.717) is 19.5 Å². The van der Waals surface area contributed by atoms with Crippen LogP contribution in [0.15, 0.2) is 24.3 Å². The fourth-order valence-corrected chi connectivity index (χ4v) is 2.37. The van der Waals surface area contributed by atoms with Crippen LogP contribution in [0.4, 0.5) is 13.2 Å². The van der Waals surface area contributed by atoms with E-state index in [0.717, 1.165) is 18.2 Å². The highest BCUT2D eigenvalue weighted by atomic mass is 19.4. The molecule has 0 spiro atoms. The van der Waals surface area contributed by atoms with Gasteiger partial charge in [-0.1, -0.05) is 6.07 Å². The third kappa shape index (κ3) is 3.78. The van der Waals surface area contributed by atoms with E-state index in [1.165, 1.54) is 6.07 Å². The van der Waals surface area contributed by atoms with E-state index >= 15 is 0 Å². The first-order valence-electron chi connectivity index (χ1n) is 6.93.